The maximum atomic E-state index is 13.9. The number of amides is 2. The zero-order chi connectivity index (χ0) is 25.6. The van der Waals surface area contributed by atoms with Gasteiger partial charge in [0, 0.05) is 13.1 Å². The van der Waals surface area contributed by atoms with Crippen molar-refractivity contribution in [2.24, 2.45) is 5.92 Å². The Morgan fingerprint density at radius 1 is 1.12 bits per heavy atom. The lowest BCUT2D eigenvalue weighted by molar-refractivity contribution is -0.204. The summed E-state index contributed by atoms with van der Waals surface area (Å²) >= 11 is 0. The molecule has 7 atom stereocenters. The number of hydrogen-bond acceptors (Lipinski definition) is 7. The molecule has 9 nitrogen and oxygen atoms in total. The molecule has 0 aromatic rings. The minimum Gasteiger partial charge on any atom is -0.444 e. The van der Waals surface area contributed by atoms with E-state index < -0.39 is 48.2 Å². The first kappa shape index (κ1) is 28.8. The van der Waals surface area contributed by atoms with Crippen molar-refractivity contribution in [3.05, 3.63) is 0 Å². The first-order valence-corrected chi connectivity index (χ1v) is 12.9. The van der Waals surface area contributed by atoms with E-state index in [9.17, 15) is 24.9 Å². The highest BCUT2D eigenvalue weighted by Gasteiger charge is 2.47. The molecule has 0 saturated carbocycles. The van der Waals surface area contributed by atoms with Crippen LogP contribution >= 0.6 is 0 Å². The second kappa shape index (κ2) is 12.5. The highest BCUT2D eigenvalue weighted by atomic mass is 16.6. The number of carbonyl (C=O) groups is 2. The molecule has 0 bridgehead atoms. The van der Waals surface area contributed by atoms with Crippen LogP contribution in [0.15, 0.2) is 0 Å². The van der Waals surface area contributed by atoms with Crippen LogP contribution < -0.4 is 0 Å². The van der Waals surface area contributed by atoms with Gasteiger partial charge < -0.3 is 29.7 Å². The number of hydrogen-bond donors (Lipinski definition) is 3. The fourth-order valence-corrected chi connectivity index (χ4v) is 5.11. The Kier molecular flexibility index (Phi) is 10.6. The van der Waals surface area contributed by atoms with E-state index in [4.69, 9.17) is 9.47 Å². The zero-order valence-electron chi connectivity index (χ0n) is 21.8. The summed E-state index contributed by atoms with van der Waals surface area (Å²) < 4.78 is 11.3. The van der Waals surface area contributed by atoms with Crippen LogP contribution in [-0.2, 0) is 14.3 Å². The number of ether oxygens (including phenoxy) is 2. The van der Waals surface area contributed by atoms with Gasteiger partial charge in [0.25, 0.3) is 0 Å². The minimum atomic E-state index is -1.34. The second-order valence-electron chi connectivity index (χ2n) is 10.7. The molecule has 7 unspecified atom stereocenters. The van der Waals surface area contributed by atoms with Gasteiger partial charge >= 0.3 is 6.09 Å². The highest BCUT2D eigenvalue weighted by Crippen LogP contribution is 2.32. The van der Waals surface area contributed by atoms with Crippen molar-refractivity contribution in [3.63, 3.8) is 0 Å². The second-order valence-corrected chi connectivity index (χ2v) is 10.7. The lowest BCUT2D eigenvalue weighted by Crippen LogP contribution is -2.62. The van der Waals surface area contributed by atoms with Crippen LogP contribution in [0.5, 0.6) is 0 Å². The molecule has 0 spiro atoms. The van der Waals surface area contributed by atoms with E-state index in [2.05, 4.69) is 6.92 Å². The van der Waals surface area contributed by atoms with Crippen LogP contribution in [0, 0.1) is 5.92 Å². The van der Waals surface area contributed by atoms with Crippen molar-refractivity contribution >= 4 is 12.0 Å². The maximum Gasteiger partial charge on any atom is 0.410 e. The number of carbonyl (C=O) groups excluding carboxylic acids is 2. The quantitative estimate of drug-likeness (QED) is 0.428. The number of likely N-dealkylation sites (N-methyl/N-ethyl adjacent to an activating group) is 1. The molecule has 3 N–H and O–H groups in total. The Labute approximate surface area is 204 Å². The van der Waals surface area contributed by atoms with Crippen LogP contribution in [0.2, 0.25) is 0 Å². The van der Waals surface area contributed by atoms with Gasteiger partial charge in [0.1, 0.15) is 36.1 Å². The minimum absolute atomic E-state index is 0.113. The van der Waals surface area contributed by atoms with Gasteiger partial charge in [-0.2, -0.15) is 0 Å². The highest BCUT2D eigenvalue weighted by molar-refractivity contribution is 5.86. The molecule has 2 heterocycles. The molecule has 0 aromatic carbocycles. The first-order chi connectivity index (χ1) is 15.9. The molecule has 9 heteroatoms. The van der Waals surface area contributed by atoms with Gasteiger partial charge in [0.05, 0.1) is 12.6 Å². The van der Waals surface area contributed by atoms with Crippen molar-refractivity contribution < 1.29 is 34.4 Å². The average molecular weight is 487 g/mol. The summed E-state index contributed by atoms with van der Waals surface area (Å²) in [5, 5.41) is 30.6. The zero-order valence-corrected chi connectivity index (χ0v) is 21.8. The van der Waals surface area contributed by atoms with E-state index >= 15 is 0 Å². The standard InChI is InChI=1S/C25H46N2O7/c1-7-10-11-12-16-13-18(27(14-16)24(32)34-25(4,5)6)23(31)26(9-3)17(8-2)22-21(30)20(29)19(28)15-33-22/h16-22,28-30H,7-15H2,1-6H3. The van der Waals surface area contributed by atoms with Crippen LogP contribution in [-0.4, -0.2) is 98.9 Å². The normalized spacial score (nSPS) is 30.8. The van der Waals surface area contributed by atoms with Crippen LogP contribution in [0.3, 0.4) is 0 Å². The molecule has 2 fully saturated rings. The van der Waals surface area contributed by atoms with Crippen molar-refractivity contribution in [1.82, 2.24) is 9.80 Å². The summed E-state index contributed by atoms with van der Waals surface area (Å²) in [6, 6.07) is -1.15. The monoisotopic (exact) mass is 486 g/mol. The Morgan fingerprint density at radius 2 is 1.79 bits per heavy atom. The van der Waals surface area contributed by atoms with Crippen LogP contribution in [0.25, 0.3) is 0 Å². The number of nitrogens with zero attached hydrogens (tertiary/aromatic N) is 2. The van der Waals surface area contributed by atoms with Crippen molar-refractivity contribution in [1.29, 1.82) is 0 Å². The van der Waals surface area contributed by atoms with E-state index in [-0.39, 0.29) is 18.4 Å². The molecular formula is C25H46N2O7. The molecule has 2 amide bonds. The summed E-state index contributed by atoms with van der Waals surface area (Å²) in [7, 11) is 0. The van der Waals surface area contributed by atoms with Gasteiger partial charge in [-0.3, -0.25) is 9.69 Å². The average Bonchev–Trinajstić information content (AvgIpc) is 3.19. The van der Waals surface area contributed by atoms with E-state index in [1.165, 1.54) is 0 Å². The molecule has 0 radical (unpaired) electrons. The summed E-state index contributed by atoms with van der Waals surface area (Å²) in [4.78, 5) is 30.1. The molecule has 0 aromatic heterocycles. The van der Waals surface area contributed by atoms with Gasteiger partial charge in [0.15, 0.2) is 0 Å². The van der Waals surface area contributed by atoms with Gasteiger partial charge in [0.2, 0.25) is 5.91 Å². The van der Waals surface area contributed by atoms with E-state index in [0.717, 1.165) is 25.7 Å². The molecule has 0 aliphatic carbocycles. The predicted octanol–water partition coefficient (Wildman–Crippen LogP) is 2.30. The first-order valence-electron chi connectivity index (χ1n) is 12.9. The van der Waals surface area contributed by atoms with Gasteiger partial charge in [-0.15, -0.1) is 0 Å². The fraction of sp³-hybridized carbons (Fsp3) is 0.920. The van der Waals surface area contributed by atoms with Crippen molar-refractivity contribution in [3.8, 4) is 0 Å². The molecule has 2 aliphatic heterocycles. The number of unbranched alkanes of at least 4 members (excludes halogenated alkanes) is 2. The van der Waals surface area contributed by atoms with Crippen LogP contribution in [0.1, 0.15) is 80.1 Å². The van der Waals surface area contributed by atoms with Crippen LogP contribution in [0.4, 0.5) is 4.79 Å². The maximum absolute atomic E-state index is 13.9. The lowest BCUT2D eigenvalue weighted by Gasteiger charge is -2.44. The number of aliphatic hydroxyl groups excluding tert-OH is 3. The summed E-state index contributed by atoms with van der Waals surface area (Å²) in [5.74, 6) is 0.0231. The van der Waals surface area contributed by atoms with Crippen molar-refractivity contribution in [2.45, 2.75) is 122 Å². The van der Waals surface area contributed by atoms with Gasteiger partial charge in [-0.05, 0) is 52.9 Å². The van der Waals surface area contributed by atoms with E-state index in [0.29, 0.717) is 25.9 Å². The number of aliphatic hydroxyl groups is 3. The fourth-order valence-electron chi connectivity index (χ4n) is 5.11. The molecule has 198 valence electrons. The Bertz CT molecular complexity index is 668. The summed E-state index contributed by atoms with van der Waals surface area (Å²) in [6.07, 6.45) is 0.157. The van der Waals surface area contributed by atoms with E-state index in [1.807, 2.05) is 34.6 Å². The number of likely N-dealkylation sites (tertiary alicyclic amines) is 1. The van der Waals surface area contributed by atoms with Crippen molar-refractivity contribution in [2.75, 3.05) is 19.7 Å². The molecular weight excluding hydrogens is 440 g/mol. The Balaban J connectivity index is 2.25. The van der Waals surface area contributed by atoms with Gasteiger partial charge in [-0.25, -0.2) is 4.79 Å². The Hall–Kier alpha value is -1.42. The Morgan fingerprint density at radius 3 is 2.35 bits per heavy atom. The third-order valence-electron chi connectivity index (χ3n) is 6.88. The topological polar surface area (TPSA) is 120 Å². The third kappa shape index (κ3) is 7.06. The number of rotatable bonds is 9. The smallest absolute Gasteiger partial charge is 0.410 e. The summed E-state index contributed by atoms with van der Waals surface area (Å²) in [6.45, 7) is 12.1. The van der Waals surface area contributed by atoms with E-state index in [1.54, 1.807) is 9.80 Å². The predicted molar refractivity (Wildman–Crippen MR) is 128 cm³/mol. The largest absolute Gasteiger partial charge is 0.444 e. The SMILES string of the molecule is CCCCCC1CC(C(=O)N(CC)C(CC)C2OCC(O)C(O)C2O)N(C(=O)OC(C)(C)C)C1. The molecule has 2 aliphatic rings. The molecule has 34 heavy (non-hydrogen) atoms. The molecule has 2 rings (SSSR count). The van der Waals surface area contributed by atoms with Gasteiger partial charge in [-0.1, -0.05) is 33.1 Å². The lowest BCUT2D eigenvalue weighted by atomic mass is 9.91. The molecule has 2 saturated heterocycles. The third-order valence-corrected chi connectivity index (χ3v) is 6.88. The summed E-state index contributed by atoms with van der Waals surface area (Å²) in [5.41, 5.74) is -0.668.